The van der Waals surface area contributed by atoms with Gasteiger partial charge in [-0.15, -0.1) is 11.8 Å². The van der Waals surface area contributed by atoms with Crippen LogP contribution in [-0.4, -0.2) is 11.5 Å². The molecule has 90 valence electrons. The summed E-state index contributed by atoms with van der Waals surface area (Å²) in [5.74, 6) is 0.979. The molecule has 0 spiro atoms. The third-order valence-corrected chi connectivity index (χ3v) is 3.53. The van der Waals surface area contributed by atoms with E-state index in [0.29, 0.717) is 0 Å². The summed E-state index contributed by atoms with van der Waals surface area (Å²) in [7, 11) is 0. The molecule has 0 heterocycles. The van der Waals surface area contributed by atoms with Gasteiger partial charge < -0.3 is 0 Å². The number of ketones is 1. The summed E-state index contributed by atoms with van der Waals surface area (Å²) in [6.45, 7) is 5.46. The van der Waals surface area contributed by atoms with Crippen LogP contribution in [-0.2, 0) is 0 Å². The summed E-state index contributed by atoms with van der Waals surface area (Å²) in [6.07, 6.45) is 0.846. The van der Waals surface area contributed by atoms with Crippen molar-refractivity contribution in [3.8, 4) is 6.07 Å². The number of hydrogen-bond donors (Lipinski definition) is 0. The molecule has 0 atom stereocenters. The summed E-state index contributed by atoms with van der Waals surface area (Å²) in [4.78, 5) is 12.3. The van der Waals surface area contributed by atoms with Gasteiger partial charge in [-0.05, 0) is 45.1 Å². The number of nitriles is 1. The van der Waals surface area contributed by atoms with Crippen LogP contribution in [0, 0.1) is 16.7 Å². The second kappa shape index (κ2) is 5.88. The molecular formula is C14H17NOS. The predicted molar refractivity (Wildman–Crippen MR) is 71.2 cm³/mol. The van der Waals surface area contributed by atoms with Crippen molar-refractivity contribution in [1.29, 1.82) is 5.26 Å². The van der Waals surface area contributed by atoms with E-state index in [-0.39, 0.29) is 11.2 Å². The number of thioether (sulfide) groups is 1. The molecule has 0 unspecified atom stereocenters. The number of nitrogens with zero attached hydrogens (tertiary/aromatic N) is 1. The molecule has 1 aromatic rings. The monoisotopic (exact) mass is 247 g/mol. The highest BCUT2D eigenvalue weighted by Gasteiger charge is 2.15. The first-order valence-corrected chi connectivity index (χ1v) is 6.58. The first-order chi connectivity index (χ1) is 7.94. The Balaban J connectivity index is 2.56. The van der Waals surface area contributed by atoms with E-state index in [1.54, 1.807) is 18.7 Å². The van der Waals surface area contributed by atoms with Crippen molar-refractivity contribution in [2.45, 2.75) is 32.1 Å². The Kier molecular flexibility index (Phi) is 4.77. The van der Waals surface area contributed by atoms with Crippen molar-refractivity contribution in [3.05, 3.63) is 29.8 Å². The van der Waals surface area contributed by atoms with Crippen LogP contribution in [0.2, 0.25) is 0 Å². The van der Waals surface area contributed by atoms with Crippen LogP contribution in [0.1, 0.15) is 37.6 Å². The normalized spacial score (nSPS) is 10.9. The second-order valence-electron chi connectivity index (χ2n) is 4.68. The lowest BCUT2D eigenvalue weighted by molar-refractivity contribution is 0.101. The minimum atomic E-state index is -0.273. The van der Waals surface area contributed by atoms with Gasteiger partial charge in [-0.3, -0.25) is 4.79 Å². The minimum Gasteiger partial charge on any atom is -0.295 e. The maximum absolute atomic E-state index is 11.2. The molecule has 2 nitrogen and oxygen atoms in total. The van der Waals surface area contributed by atoms with Gasteiger partial charge in [0.15, 0.2) is 5.78 Å². The number of benzene rings is 1. The Labute approximate surface area is 107 Å². The van der Waals surface area contributed by atoms with Crippen molar-refractivity contribution < 1.29 is 4.79 Å². The number of Topliss-reactive ketones (excluding diaryl/α,β-unsaturated/α-hetero) is 1. The van der Waals surface area contributed by atoms with Gasteiger partial charge >= 0.3 is 0 Å². The van der Waals surface area contributed by atoms with Gasteiger partial charge in [-0.2, -0.15) is 5.26 Å². The van der Waals surface area contributed by atoms with Crippen LogP contribution >= 0.6 is 11.8 Å². The largest absolute Gasteiger partial charge is 0.295 e. The van der Waals surface area contributed by atoms with E-state index in [4.69, 9.17) is 5.26 Å². The van der Waals surface area contributed by atoms with E-state index in [0.717, 1.165) is 22.6 Å². The van der Waals surface area contributed by atoms with E-state index in [9.17, 15) is 4.79 Å². The fourth-order valence-electron chi connectivity index (χ4n) is 1.28. The van der Waals surface area contributed by atoms with Crippen molar-refractivity contribution in [2.75, 3.05) is 5.75 Å². The Morgan fingerprint density at radius 2 is 2.18 bits per heavy atom. The molecule has 0 radical (unpaired) electrons. The molecule has 0 amide bonds. The second-order valence-corrected chi connectivity index (χ2v) is 5.85. The van der Waals surface area contributed by atoms with Crippen LogP contribution in [0.5, 0.6) is 0 Å². The number of rotatable bonds is 5. The molecule has 1 rings (SSSR count). The lowest BCUT2D eigenvalue weighted by Gasteiger charge is -2.14. The van der Waals surface area contributed by atoms with Crippen LogP contribution in [0.15, 0.2) is 29.2 Å². The van der Waals surface area contributed by atoms with Gasteiger partial charge in [-0.25, -0.2) is 0 Å². The van der Waals surface area contributed by atoms with Crippen LogP contribution in [0.25, 0.3) is 0 Å². The fraction of sp³-hybridized carbons (Fsp3) is 0.429. The van der Waals surface area contributed by atoms with E-state index in [1.807, 2.05) is 38.1 Å². The van der Waals surface area contributed by atoms with Gasteiger partial charge in [-0.1, -0.05) is 12.1 Å². The molecule has 17 heavy (non-hydrogen) atoms. The Bertz CT molecular complexity index is 446. The lowest BCUT2D eigenvalue weighted by Crippen LogP contribution is -2.08. The molecule has 0 aliphatic carbocycles. The lowest BCUT2D eigenvalue weighted by atomic mass is 9.93. The summed E-state index contributed by atoms with van der Waals surface area (Å²) < 4.78 is 0. The molecule has 0 aromatic heterocycles. The molecule has 0 fully saturated rings. The van der Waals surface area contributed by atoms with Crippen LogP contribution < -0.4 is 0 Å². The van der Waals surface area contributed by atoms with Crippen molar-refractivity contribution in [2.24, 2.45) is 5.41 Å². The summed E-state index contributed by atoms with van der Waals surface area (Å²) in [5, 5.41) is 8.90. The number of carbonyl (C=O) groups excluding carboxylic acids is 1. The van der Waals surface area contributed by atoms with E-state index >= 15 is 0 Å². The quantitative estimate of drug-likeness (QED) is 0.585. The van der Waals surface area contributed by atoms with Gasteiger partial charge in [0, 0.05) is 10.5 Å². The zero-order chi connectivity index (χ0) is 12.9. The van der Waals surface area contributed by atoms with Crippen molar-refractivity contribution in [3.63, 3.8) is 0 Å². The Hall–Kier alpha value is -1.27. The molecule has 0 bridgehead atoms. The molecule has 0 N–H and O–H groups in total. The van der Waals surface area contributed by atoms with Crippen LogP contribution in [0.3, 0.4) is 0 Å². The highest BCUT2D eigenvalue weighted by Crippen LogP contribution is 2.26. The topological polar surface area (TPSA) is 40.9 Å². The fourth-order valence-corrected chi connectivity index (χ4v) is 2.52. The standard InChI is InChI=1S/C14H17NOS/c1-11(16)12-5-4-6-13(9-12)17-8-7-14(2,3)10-15/h4-6,9H,7-8H2,1-3H3. The van der Waals surface area contributed by atoms with Crippen molar-refractivity contribution >= 4 is 17.5 Å². The molecule has 0 saturated carbocycles. The van der Waals surface area contributed by atoms with Gasteiger partial charge in [0.2, 0.25) is 0 Å². The van der Waals surface area contributed by atoms with E-state index in [2.05, 4.69) is 6.07 Å². The summed E-state index contributed by atoms with van der Waals surface area (Å²) in [5.41, 5.74) is 0.472. The Morgan fingerprint density at radius 3 is 2.76 bits per heavy atom. The van der Waals surface area contributed by atoms with Gasteiger partial charge in [0.25, 0.3) is 0 Å². The minimum absolute atomic E-state index is 0.0878. The zero-order valence-corrected chi connectivity index (χ0v) is 11.3. The summed E-state index contributed by atoms with van der Waals surface area (Å²) in [6, 6.07) is 9.92. The first kappa shape index (κ1) is 13.8. The molecule has 3 heteroatoms. The molecule has 0 aliphatic rings. The number of carbonyl (C=O) groups is 1. The average Bonchev–Trinajstić information content (AvgIpc) is 2.29. The molecular weight excluding hydrogens is 230 g/mol. The molecule has 0 aliphatic heterocycles. The third-order valence-electron chi connectivity index (χ3n) is 2.54. The van der Waals surface area contributed by atoms with Gasteiger partial charge in [0.05, 0.1) is 11.5 Å². The SMILES string of the molecule is CC(=O)c1cccc(SCCC(C)(C)C#N)c1. The highest BCUT2D eigenvalue weighted by molar-refractivity contribution is 7.99. The van der Waals surface area contributed by atoms with Gasteiger partial charge in [0.1, 0.15) is 0 Å². The molecule has 1 aromatic carbocycles. The van der Waals surface area contributed by atoms with Crippen LogP contribution in [0.4, 0.5) is 0 Å². The maximum atomic E-state index is 11.2. The number of hydrogen-bond acceptors (Lipinski definition) is 3. The third kappa shape index (κ3) is 4.62. The van der Waals surface area contributed by atoms with E-state index in [1.165, 1.54) is 0 Å². The molecule has 0 saturated heterocycles. The predicted octanol–water partition coefficient (Wildman–Crippen LogP) is 3.92. The Morgan fingerprint density at radius 1 is 1.47 bits per heavy atom. The highest BCUT2D eigenvalue weighted by atomic mass is 32.2. The first-order valence-electron chi connectivity index (χ1n) is 5.60. The zero-order valence-electron chi connectivity index (χ0n) is 10.5. The summed E-state index contributed by atoms with van der Waals surface area (Å²) >= 11 is 1.69. The van der Waals surface area contributed by atoms with E-state index < -0.39 is 0 Å². The van der Waals surface area contributed by atoms with Crippen molar-refractivity contribution in [1.82, 2.24) is 0 Å². The average molecular weight is 247 g/mol. The smallest absolute Gasteiger partial charge is 0.159 e. The maximum Gasteiger partial charge on any atom is 0.159 e.